The lowest BCUT2D eigenvalue weighted by atomic mass is 9.94. The molecule has 1 saturated heterocycles. The number of ether oxygens (including phenoxy) is 2. The van der Waals surface area contributed by atoms with E-state index in [1.807, 2.05) is 172 Å². The van der Waals surface area contributed by atoms with Gasteiger partial charge in [-0.15, -0.1) is 0 Å². The summed E-state index contributed by atoms with van der Waals surface area (Å²) >= 11 is 5.05. The van der Waals surface area contributed by atoms with Crippen molar-refractivity contribution in [2.45, 2.75) is 192 Å². The van der Waals surface area contributed by atoms with E-state index >= 15 is 0 Å². The van der Waals surface area contributed by atoms with Gasteiger partial charge >= 0.3 is 11.9 Å². The minimum atomic E-state index is -0.408. The number of hydrogen-bond acceptors (Lipinski definition) is 11. The molecule has 482 valence electrons. The third kappa shape index (κ3) is 48.7. The quantitative estimate of drug-likeness (QED) is 0.0206. The van der Waals surface area contributed by atoms with Crippen molar-refractivity contribution < 1.29 is 48.5 Å². The summed E-state index contributed by atoms with van der Waals surface area (Å²) in [6.45, 7) is 25.7. The highest BCUT2D eigenvalue weighted by molar-refractivity contribution is 6.63. The van der Waals surface area contributed by atoms with Crippen molar-refractivity contribution in [3.05, 3.63) is 210 Å². The van der Waals surface area contributed by atoms with Gasteiger partial charge in [0, 0.05) is 68.5 Å². The largest absolute Gasteiger partial charge is 0.466 e. The first-order valence-corrected chi connectivity index (χ1v) is 32.2. The van der Waals surface area contributed by atoms with E-state index in [4.69, 9.17) is 21.4 Å². The normalized spacial score (nSPS) is 11.3. The van der Waals surface area contributed by atoms with Gasteiger partial charge in [-0.2, -0.15) is 0 Å². The van der Waals surface area contributed by atoms with E-state index in [1.54, 1.807) is 38.1 Å². The molecule has 1 fully saturated rings. The van der Waals surface area contributed by atoms with Crippen molar-refractivity contribution in [1.82, 2.24) is 0 Å². The molecule has 2 N–H and O–H groups in total. The zero-order valence-corrected chi connectivity index (χ0v) is 55.8. The van der Waals surface area contributed by atoms with Crippen LogP contribution in [-0.2, 0) is 28.7 Å². The molecular formula is C75H110ClNO10. The third-order valence-corrected chi connectivity index (χ3v) is 11.8. The number of benzene rings is 6. The number of aldehydes is 1. The predicted molar refractivity (Wildman–Crippen MR) is 366 cm³/mol. The van der Waals surface area contributed by atoms with Crippen molar-refractivity contribution in [1.29, 1.82) is 0 Å². The highest BCUT2D eigenvalue weighted by atomic mass is 35.5. The van der Waals surface area contributed by atoms with Crippen molar-refractivity contribution >= 4 is 52.3 Å². The van der Waals surface area contributed by atoms with Crippen LogP contribution >= 0.6 is 11.6 Å². The highest BCUT2D eigenvalue weighted by Gasteiger charge is 2.23. The number of aliphatic hydroxyl groups is 2. The summed E-state index contributed by atoms with van der Waals surface area (Å²) in [4.78, 5) is 67.5. The number of rotatable bonds is 23. The monoisotopic (exact) mass is 1220 g/mol. The number of hydrogen-bond donors (Lipinski definition) is 2. The fourth-order valence-corrected chi connectivity index (χ4v) is 7.81. The molecular weight excluding hydrogens is 1110 g/mol. The molecule has 7 rings (SSSR count). The number of nitrogens with zero attached hydrogens (tertiary/aromatic N) is 1. The van der Waals surface area contributed by atoms with E-state index in [0.717, 1.165) is 36.7 Å². The summed E-state index contributed by atoms with van der Waals surface area (Å²) in [5, 5.41) is 17.8. The molecule has 0 saturated carbocycles. The first-order chi connectivity index (χ1) is 42.5. The zero-order chi connectivity index (χ0) is 66.0. The van der Waals surface area contributed by atoms with Crippen LogP contribution in [0.1, 0.15) is 223 Å². The standard InChI is InChI=1S/C17H19N.C13H16O3.C11H16O2.C11H12O2.C7H11ClO3.C6H6.5C2H6/c1-3-9-15(10-4-1)17-13-7-8-14-18(17)16-11-5-2-6-12-16;1-2-16-13(15)10-6-9-12(14)11-7-4-3-5-8-11;2*12-9-5-4-8-11(13)10-6-2-1-3-7-10;1-2-11-7(10)5-3-4-6(8)9;1-2-4-6-5-3-1;5*1-2/h1-6,9-12,17H,7-8,13-14H2;3-5,7-8H,2,6,9-10H2,1H3;1-3,6-7,11-13H,4-5,8-9H2;1-3,6-7,9H,4-5,8H2;2-5H2,1H3;1-6H;5*1-2H3. The average molecular weight is 1220 g/mol. The summed E-state index contributed by atoms with van der Waals surface area (Å²) in [6.07, 6.45) is 10.5. The fraction of sp³-hybridized carbons (Fsp3) is 0.440. The first kappa shape index (κ1) is 86.4. The summed E-state index contributed by atoms with van der Waals surface area (Å²) in [5.41, 5.74) is 5.19. The van der Waals surface area contributed by atoms with Crippen LogP contribution in [0.25, 0.3) is 0 Å². The number of para-hydroxylation sites is 1. The number of aliphatic hydroxyl groups excluding tert-OH is 2. The molecule has 87 heavy (non-hydrogen) atoms. The van der Waals surface area contributed by atoms with E-state index in [-0.39, 0.29) is 49.1 Å². The van der Waals surface area contributed by atoms with Crippen LogP contribution in [0.15, 0.2) is 188 Å². The number of Topliss-reactive ketones (excluding diaryl/α,β-unsaturated/α-hetero) is 2. The van der Waals surface area contributed by atoms with E-state index in [9.17, 15) is 33.9 Å². The fourth-order valence-electron chi connectivity index (χ4n) is 7.67. The van der Waals surface area contributed by atoms with Gasteiger partial charge in [0.15, 0.2) is 11.6 Å². The minimum Gasteiger partial charge on any atom is -0.466 e. The van der Waals surface area contributed by atoms with Crippen LogP contribution in [0.5, 0.6) is 0 Å². The predicted octanol–water partition coefficient (Wildman–Crippen LogP) is 19.4. The van der Waals surface area contributed by atoms with Gasteiger partial charge in [-0.05, 0) is 106 Å². The number of ketones is 2. The summed E-state index contributed by atoms with van der Waals surface area (Å²) in [7, 11) is 0. The molecule has 0 bridgehead atoms. The Morgan fingerprint density at radius 3 is 1.29 bits per heavy atom. The molecule has 1 aliphatic heterocycles. The molecule has 6 aromatic carbocycles. The Labute approximate surface area is 531 Å². The molecule has 12 heteroatoms. The van der Waals surface area contributed by atoms with Crippen molar-refractivity contribution in [2.24, 2.45) is 0 Å². The lowest BCUT2D eigenvalue weighted by molar-refractivity contribution is -0.144. The number of carbonyl (C=O) groups excluding carboxylic acids is 6. The molecule has 0 aromatic heterocycles. The maximum Gasteiger partial charge on any atom is 0.305 e. The number of carbonyl (C=O) groups is 6. The van der Waals surface area contributed by atoms with Gasteiger partial charge in [0.1, 0.15) is 6.29 Å². The van der Waals surface area contributed by atoms with Crippen LogP contribution in [0.2, 0.25) is 0 Å². The summed E-state index contributed by atoms with van der Waals surface area (Å²) in [5.74, 6) is -0.318. The second-order valence-corrected chi connectivity index (χ2v) is 18.0. The number of piperidine rings is 1. The van der Waals surface area contributed by atoms with Crippen LogP contribution in [0.4, 0.5) is 5.69 Å². The summed E-state index contributed by atoms with van der Waals surface area (Å²) in [6, 6.07) is 62.1. The number of unbranched alkanes of at least 4 members (excludes halogenated alkanes) is 2. The molecule has 1 aliphatic rings. The molecule has 0 amide bonds. The van der Waals surface area contributed by atoms with Gasteiger partial charge in [0.2, 0.25) is 5.24 Å². The molecule has 1 heterocycles. The lowest BCUT2D eigenvalue weighted by Crippen LogP contribution is -2.33. The van der Waals surface area contributed by atoms with E-state index in [2.05, 4.69) is 70.3 Å². The zero-order valence-electron chi connectivity index (χ0n) is 55.1. The third-order valence-electron chi connectivity index (χ3n) is 11.6. The van der Waals surface area contributed by atoms with Crippen LogP contribution in [-0.4, -0.2) is 71.6 Å². The number of anilines is 1. The maximum absolute atomic E-state index is 11.6. The molecule has 0 aliphatic carbocycles. The van der Waals surface area contributed by atoms with Gasteiger partial charge in [-0.3, -0.25) is 24.0 Å². The Morgan fingerprint density at radius 2 is 0.885 bits per heavy atom. The highest BCUT2D eigenvalue weighted by Crippen LogP contribution is 2.34. The number of halogens is 1. The SMILES string of the molecule is CC.CC.CC.CC.CC.CCOC(=O)CCCC(=O)Cl.CCOC(=O)CCCC(=O)c1ccccc1.O=CCCCC(=O)c1ccccc1.OCCCCC(O)c1ccccc1.c1ccc(C2CCCCN2c2ccccc2)cc1.c1ccccc1. The Morgan fingerprint density at radius 1 is 0.506 bits per heavy atom. The average Bonchev–Trinajstić information content (AvgIpc) is 3.60. The molecule has 0 spiro atoms. The topological polar surface area (TPSA) is 165 Å². The maximum atomic E-state index is 11.6. The number of esters is 2. The summed E-state index contributed by atoms with van der Waals surface area (Å²) < 4.78 is 9.41. The van der Waals surface area contributed by atoms with Gasteiger partial charge in [0.25, 0.3) is 0 Å². The Kier molecular flexibility index (Phi) is 66.0. The van der Waals surface area contributed by atoms with Crippen LogP contribution < -0.4 is 4.90 Å². The van der Waals surface area contributed by atoms with Gasteiger partial charge < -0.3 is 29.4 Å². The van der Waals surface area contributed by atoms with Crippen molar-refractivity contribution in [3.8, 4) is 0 Å². The smallest absolute Gasteiger partial charge is 0.305 e. The Bertz CT molecular complexity index is 2360. The van der Waals surface area contributed by atoms with Crippen LogP contribution in [0, 0.1) is 0 Å². The lowest BCUT2D eigenvalue weighted by Gasteiger charge is -2.38. The van der Waals surface area contributed by atoms with Gasteiger partial charge in [-0.1, -0.05) is 245 Å². The van der Waals surface area contributed by atoms with Gasteiger partial charge in [0.05, 0.1) is 25.4 Å². The Hall–Kier alpha value is -7.05. The second kappa shape index (κ2) is 66.5. The van der Waals surface area contributed by atoms with Gasteiger partial charge in [-0.25, -0.2) is 0 Å². The molecule has 0 radical (unpaired) electrons. The molecule has 11 nitrogen and oxygen atoms in total. The van der Waals surface area contributed by atoms with E-state index < -0.39 is 5.24 Å². The van der Waals surface area contributed by atoms with E-state index in [1.165, 1.54) is 37.1 Å². The van der Waals surface area contributed by atoms with Crippen LogP contribution in [0.3, 0.4) is 0 Å². The first-order valence-electron chi connectivity index (χ1n) is 31.8. The van der Waals surface area contributed by atoms with Crippen molar-refractivity contribution in [2.75, 3.05) is 31.3 Å². The van der Waals surface area contributed by atoms with E-state index in [0.29, 0.717) is 69.8 Å². The molecule has 2 atom stereocenters. The molecule has 2 unspecified atom stereocenters. The molecule has 6 aromatic rings. The Balaban J connectivity index is -0.000000469. The second-order valence-electron chi connectivity index (χ2n) is 17.6. The van der Waals surface area contributed by atoms with Crippen molar-refractivity contribution in [3.63, 3.8) is 0 Å². The minimum absolute atomic E-state index is 0.0740.